The molecule has 0 aromatic heterocycles. The van der Waals surface area contributed by atoms with Crippen molar-refractivity contribution in [2.24, 2.45) is 5.92 Å². The van der Waals surface area contributed by atoms with E-state index in [-0.39, 0.29) is 0 Å². The number of likely N-dealkylation sites (N-methyl/N-ethyl adjacent to an activating group) is 1. The molecule has 15 heavy (non-hydrogen) atoms. The van der Waals surface area contributed by atoms with Gasteiger partial charge in [0.15, 0.2) is 0 Å². The number of hydrogen-bond acceptors (Lipinski definition) is 2. The minimum Gasteiger partial charge on any atom is -0.490 e. The van der Waals surface area contributed by atoms with Gasteiger partial charge < -0.3 is 9.64 Å². The standard InChI is InChI=1S/C11H15NO.C2H6/c1-9-3-5-10-11(6-4-9)13-8-7-12(10)2;1-2/h3-6,9H,7-8H2,1-2H3;1-2H3. The molecule has 0 aromatic rings. The Kier molecular flexibility index (Phi) is 4.47. The second-order valence-corrected chi connectivity index (χ2v) is 3.60. The highest BCUT2D eigenvalue weighted by molar-refractivity contribution is 5.33. The summed E-state index contributed by atoms with van der Waals surface area (Å²) in [5.41, 5.74) is 1.20. The fraction of sp³-hybridized carbons (Fsp3) is 0.538. The van der Waals surface area contributed by atoms with Crippen molar-refractivity contribution >= 4 is 0 Å². The fourth-order valence-electron chi connectivity index (χ4n) is 1.56. The van der Waals surface area contributed by atoms with Crippen LogP contribution in [0.2, 0.25) is 0 Å². The summed E-state index contributed by atoms with van der Waals surface area (Å²) in [5.74, 6) is 1.51. The molecule has 2 aliphatic rings. The number of ether oxygens (including phenoxy) is 1. The van der Waals surface area contributed by atoms with Crippen LogP contribution in [0.3, 0.4) is 0 Å². The summed E-state index contributed by atoms with van der Waals surface area (Å²) >= 11 is 0. The van der Waals surface area contributed by atoms with Crippen LogP contribution in [0.1, 0.15) is 20.8 Å². The van der Waals surface area contributed by atoms with Gasteiger partial charge in [0.05, 0.1) is 12.2 Å². The van der Waals surface area contributed by atoms with Crippen molar-refractivity contribution in [1.29, 1.82) is 0 Å². The van der Waals surface area contributed by atoms with Crippen molar-refractivity contribution in [1.82, 2.24) is 4.90 Å². The molecule has 0 fully saturated rings. The van der Waals surface area contributed by atoms with Gasteiger partial charge in [-0.1, -0.05) is 32.9 Å². The number of rotatable bonds is 0. The zero-order valence-corrected chi connectivity index (χ0v) is 10.2. The third kappa shape index (κ3) is 2.88. The number of nitrogens with zero attached hydrogens (tertiary/aromatic N) is 1. The van der Waals surface area contributed by atoms with E-state index in [2.05, 4.69) is 43.2 Å². The first-order chi connectivity index (χ1) is 7.27. The fourth-order valence-corrected chi connectivity index (χ4v) is 1.56. The van der Waals surface area contributed by atoms with Gasteiger partial charge >= 0.3 is 0 Å². The second kappa shape index (κ2) is 5.64. The van der Waals surface area contributed by atoms with Crippen molar-refractivity contribution in [2.45, 2.75) is 20.8 Å². The van der Waals surface area contributed by atoms with Crippen LogP contribution in [0.4, 0.5) is 0 Å². The van der Waals surface area contributed by atoms with Crippen LogP contribution >= 0.6 is 0 Å². The highest BCUT2D eigenvalue weighted by Crippen LogP contribution is 2.22. The van der Waals surface area contributed by atoms with Gasteiger partial charge in [0, 0.05) is 7.05 Å². The van der Waals surface area contributed by atoms with Gasteiger partial charge in [0.25, 0.3) is 0 Å². The molecule has 1 heterocycles. The Labute approximate surface area is 92.9 Å². The minimum absolute atomic E-state index is 0.502. The Morgan fingerprint density at radius 2 is 1.93 bits per heavy atom. The molecule has 0 radical (unpaired) electrons. The molecule has 0 N–H and O–H groups in total. The first-order valence-corrected chi connectivity index (χ1v) is 5.72. The van der Waals surface area contributed by atoms with E-state index >= 15 is 0 Å². The Bertz CT molecular complexity index is 289. The first-order valence-electron chi connectivity index (χ1n) is 5.72. The van der Waals surface area contributed by atoms with E-state index in [1.54, 1.807) is 0 Å². The Hall–Kier alpha value is -1.18. The summed E-state index contributed by atoms with van der Waals surface area (Å²) in [7, 11) is 2.10. The zero-order valence-electron chi connectivity index (χ0n) is 10.2. The molecule has 2 rings (SSSR count). The normalized spacial score (nSPS) is 23.7. The number of allylic oxidation sites excluding steroid dienone is 4. The Morgan fingerprint density at radius 1 is 1.27 bits per heavy atom. The molecule has 1 unspecified atom stereocenters. The second-order valence-electron chi connectivity index (χ2n) is 3.60. The lowest BCUT2D eigenvalue weighted by Crippen LogP contribution is -2.27. The predicted molar refractivity (Wildman–Crippen MR) is 64.4 cm³/mol. The van der Waals surface area contributed by atoms with Gasteiger partial charge in [-0.15, -0.1) is 0 Å². The molecular formula is C13H21NO. The van der Waals surface area contributed by atoms with E-state index in [9.17, 15) is 0 Å². The largest absolute Gasteiger partial charge is 0.490 e. The minimum atomic E-state index is 0.502. The van der Waals surface area contributed by atoms with Crippen molar-refractivity contribution < 1.29 is 4.74 Å². The summed E-state index contributed by atoms with van der Waals surface area (Å²) in [4.78, 5) is 2.23. The molecule has 0 saturated heterocycles. The van der Waals surface area contributed by atoms with Gasteiger partial charge in [0.2, 0.25) is 0 Å². The van der Waals surface area contributed by atoms with E-state index in [1.807, 2.05) is 13.8 Å². The molecule has 0 spiro atoms. The monoisotopic (exact) mass is 207 g/mol. The zero-order chi connectivity index (χ0) is 11.3. The quantitative estimate of drug-likeness (QED) is 0.605. The van der Waals surface area contributed by atoms with Crippen molar-refractivity contribution in [2.75, 3.05) is 20.2 Å². The lowest BCUT2D eigenvalue weighted by Gasteiger charge is -2.27. The van der Waals surface area contributed by atoms with Gasteiger partial charge in [-0.25, -0.2) is 0 Å². The Morgan fingerprint density at radius 3 is 2.67 bits per heavy atom. The van der Waals surface area contributed by atoms with E-state index in [4.69, 9.17) is 4.74 Å². The Balaban J connectivity index is 0.000000531. The molecule has 2 heteroatoms. The van der Waals surface area contributed by atoms with Crippen LogP contribution < -0.4 is 0 Å². The molecule has 84 valence electrons. The summed E-state index contributed by atoms with van der Waals surface area (Å²) in [6.45, 7) is 7.94. The van der Waals surface area contributed by atoms with Crippen LogP contribution in [0.15, 0.2) is 35.8 Å². The summed E-state index contributed by atoms with van der Waals surface area (Å²) in [5, 5.41) is 0. The van der Waals surface area contributed by atoms with E-state index in [1.165, 1.54) is 5.70 Å². The van der Waals surface area contributed by atoms with Gasteiger partial charge in [-0.3, -0.25) is 0 Å². The smallest absolute Gasteiger partial charge is 0.142 e. The van der Waals surface area contributed by atoms with Crippen molar-refractivity contribution in [3.63, 3.8) is 0 Å². The molecular weight excluding hydrogens is 186 g/mol. The predicted octanol–water partition coefficient (Wildman–Crippen LogP) is 2.95. The topological polar surface area (TPSA) is 12.5 Å². The molecule has 0 amide bonds. The molecule has 1 aliphatic heterocycles. The maximum atomic E-state index is 5.58. The van der Waals surface area contributed by atoms with E-state index in [0.29, 0.717) is 5.92 Å². The van der Waals surface area contributed by atoms with Crippen molar-refractivity contribution in [3.8, 4) is 0 Å². The summed E-state index contributed by atoms with van der Waals surface area (Å²) < 4.78 is 5.58. The average molecular weight is 207 g/mol. The molecule has 0 bridgehead atoms. The van der Waals surface area contributed by atoms with Crippen molar-refractivity contribution in [3.05, 3.63) is 35.8 Å². The highest BCUT2D eigenvalue weighted by Gasteiger charge is 2.15. The average Bonchev–Trinajstić information content (AvgIpc) is 2.45. The molecule has 2 nitrogen and oxygen atoms in total. The first kappa shape index (κ1) is 11.9. The van der Waals surface area contributed by atoms with Crippen LogP contribution in [0.5, 0.6) is 0 Å². The summed E-state index contributed by atoms with van der Waals surface area (Å²) in [6.07, 6.45) is 8.59. The van der Waals surface area contributed by atoms with Gasteiger partial charge in [0.1, 0.15) is 12.4 Å². The highest BCUT2D eigenvalue weighted by atomic mass is 16.5. The van der Waals surface area contributed by atoms with E-state index in [0.717, 1.165) is 18.9 Å². The van der Waals surface area contributed by atoms with Crippen LogP contribution in [0.25, 0.3) is 0 Å². The van der Waals surface area contributed by atoms with Crippen LogP contribution in [-0.4, -0.2) is 25.1 Å². The third-order valence-corrected chi connectivity index (χ3v) is 2.46. The maximum Gasteiger partial charge on any atom is 0.142 e. The number of hydrogen-bond donors (Lipinski definition) is 0. The SMILES string of the molecule is CC.CC1C=CC2=C(C=C1)N(C)CCO2. The summed E-state index contributed by atoms with van der Waals surface area (Å²) in [6, 6.07) is 0. The van der Waals surface area contributed by atoms with Gasteiger partial charge in [-0.2, -0.15) is 0 Å². The molecule has 1 atom stereocenters. The molecule has 0 aromatic carbocycles. The lowest BCUT2D eigenvalue weighted by atomic mass is 10.2. The maximum absolute atomic E-state index is 5.58. The third-order valence-electron chi connectivity index (χ3n) is 2.46. The lowest BCUT2D eigenvalue weighted by molar-refractivity contribution is 0.157. The van der Waals surface area contributed by atoms with E-state index < -0.39 is 0 Å². The van der Waals surface area contributed by atoms with Crippen LogP contribution in [-0.2, 0) is 4.74 Å². The van der Waals surface area contributed by atoms with Crippen LogP contribution in [0, 0.1) is 5.92 Å². The molecule has 0 saturated carbocycles. The van der Waals surface area contributed by atoms with Gasteiger partial charge in [-0.05, 0) is 18.1 Å². The molecule has 1 aliphatic carbocycles.